The number of nitrogens with zero attached hydrogens (tertiary/aromatic N) is 1. The van der Waals surface area contributed by atoms with Gasteiger partial charge in [0.1, 0.15) is 12.6 Å². The third-order valence-corrected chi connectivity index (χ3v) is 7.78. The molecule has 0 saturated carbocycles. The maximum absolute atomic E-state index is 13.0. The minimum atomic E-state index is -4.06. The number of carbonyl (C=O) groups excluding carboxylic acids is 2. The molecule has 0 aliphatic carbocycles. The van der Waals surface area contributed by atoms with Crippen LogP contribution >= 0.6 is 15.9 Å². The summed E-state index contributed by atoms with van der Waals surface area (Å²) in [5.74, 6) is -1.29. The van der Waals surface area contributed by atoms with Gasteiger partial charge in [0.05, 0.1) is 11.5 Å². The molecule has 3 N–H and O–H groups in total. The van der Waals surface area contributed by atoms with Gasteiger partial charge in [-0.1, -0.05) is 40.2 Å². The van der Waals surface area contributed by atoms with Crippen LogP contribution in [0.3, 0.4) is 0 Å². The first kappa shape index (κ1) is 27.1. The van der Waals surface area contributed by atoms with E-state index in [2.05, 4.69) is 20.7 Å². The van der Waals surface area contributed by atoms with Gasteiger partial charge in [-0.05, 0) is 54.2 Å². The number of hydrogen-bond acceptors (Lipinski definition) is 7. The minimum absolute atomic E-state index is 0.00624. The average Bonchev–Trinajstić information content (AvgIpc) is 2.87. The smallest absolute Gasteiger partial charge is 0.409 e. The van der Waals surface area contributed by atoms with Crippen LogP contribution in [-0.4, -0.2) is 70.0 Å². The predicted octanol–water partition coefficient (Wildman–Crippen LogP) is 2.76. The number of hydrogen-bond donors (Lipinski definition) is 3. The third kappa shape index (κ3) is 7.24. The molecule has 35 heavy (non-hydrogen) atoms. The molecule has 0 spiro atoms. The maximum atomic E-state index is 13.0. The summed E-state index contributed by atoms with van der Waals surface area (Å²) >= 11 is 3.38. The molecule has 1 fully saturated rings. The fourth-order valence-electron chi connectivity index (χ4n) is 3.86. The van der Waals surface area contributed by atoms with E-state index in [1.54, 1.807) is 17.6 Å². The van der Waals surface area contributed by atoms with Crippen LogP contribution in [0.4, 0.5) is 4.79 Å². The van der Waals surface area contributed by atoms with Gasteiger partial charge in [0.2, 0.25) is 10.0 Å². The van der Waals surface area contributed by atoms with E-state index >= 15 is 0 Å². The highest BCUT2D eigenvalue weighted by Crippen LogP contribution is 2.25. The first-order chi connectivity index (χ1) is 16.7. The summed E-state index contributed by atoms with van der Waals surface area (Å²) in [6.45, 7) is 0.989. The second kappa shape index (κ2) is 12.5. The zero-order valence-electron chi connectivity index (χ0n) is 19.1. The van der Waals surface area contributed by atoms with E-state index in [4.69, 9.17) is 9.47 Å². The molecular formula is C23H28BrN3O7S. The van der Waals surface area contributed by atoms with Gasteiger partial charge in [-0.15, -0.1) is 0 Å². The number of methoxy groups -OCH3 is 1. The Balaban J connectivity index is 1.67. The lowest BCUT2D eigenvalue weighted by molar-refractivity contribution is -0.132. The van der Waals surface area contributed by atoms with Gasteiger partial charge in [-0.25, -0.2) is 18.7 Å². The molecule has 1 aliphatic heterocycles. The van der Waals surface area contributed by atoms with Crippen molar-refractivity contribution in [1.29, 1.82) is 0 Å². The van der Waals surface area contributed by atoms with Crippen LogP contribution in [0.15, 0.2) is 57.9 Å². The van der Waals surface area contributed by atoms with Gasteiger partial charge in [0.25, 0.3) is 5.91 Å². The Morgan fingerprint density at radius 2 is 1.63 bits per heavy atom. The molecule has 2 aromatic carbocycles. The molecule has 190 valence electrons. The van der Waals surface area contributed by atoms with Crippen LogP contribution in [0, 0.1) is 5.92 Å². The fraction of sp³-hybridized carbons (Fsp3) is 0.391. The summed E-state index contributed by atoms with van der Waals surface area (Å²) in [6.07, 6.45) is 0.209. The molecule has 0 radical (unpaired) electrons. The number of nitrogens with one attached hydrogen (secondary N) is 2. The van der Waals surface area contributed by atoms with Crippen LogP contribution in [0.25, 0.3) is 11.1 Å². The highest BCUT2D eigenvalue weighted by Gasteiger charge is 2.36. The van der Waals surface area contributed by atoms with Crippen LogP contribution in [0.5, 0.6) is 0 Å². The number of likely N-dealkylation sites (tertiary alicyclic amines) is 1. The Morgan fingerprint density at radius 3 is 2.17 bits per heavy atom. The first-order valence-electron chi connectivity index (χ1n) is 11.0. The van der Waals surface area contributed by atoms with Gasteiger partial charge >= 0.3 is 6.09 Å². The van der Waals surface area contributed by atoms with E-state index in [1.165, 1.54) is 24.1 Å². The first-order valence-corrected chi connectivity index (χ1v) is 13.3. The van der Waals surface area contributed by atoms with Crippen molar-refractivity contribution < 1.29 is 32.7 Å². The molecule has 1 saturated heterocycles. The SMILES string of the molecule is COCCOC(=O)N1CCC(C(NS(=O)(=O)c2ccc(-c3ccc(Br)cc3)cc2)C(=O)NO)CC1. The Hall–Kier alpha value is -2.51. The normalized spacial score (nSPS) is 15.5. The number of piperidine rings is 1. The maximum Gasteiger partial charge on any atom is 0.409 e. The number of carbonyl (C=O) groups is 2. The fourth-order valence-corrected chi connectivity index (χ4v) is 5.38. The van der Waals surface area contributed by atoms with Crippen molar-refractivity contribution in [3.63, 3.8) is 0 Å². The lowest BCUT2D eigenvalue weighted by Gasteiger charge is -2.34. The standard InChI is InChI=1S/C23H28BrN3O7S/c1-33-14-15-34-23(29)27-12-10-18(11-13-27)21(22(28)25-30)26-35(31,32)20-8-4-17(5-9-20)16-2-6-19(24)7-3-16/h2-9,18,21,26,30H,10-15H2,1H3,(H,25,28). The number of amides is 2. The van der Waals surface area contributed by atoms with Crippen LogP contribution in [0.1, 0.15) is 12.8 Å². The van der Waals surface area contributed by atoms with Crippen molar-refractivity contribution in [2.45, 2.75) is 23.8 Å². The van der Waals surface area contributed by atoms with Gasteiger partial charge in [0.15, 0.2) is 0 Å². The molecule has 2 aromatic rings. The molecule has 1 heterocycles. The van der Waals surface area contributed by atoms with Crippen molar-refractivity contribution in [3.8, 4) is 11.1 Å². The van der Waals surface area contributed by atoms with Crippen molar-refractivity contribution in [2.24, 2.45) is 5.92 Å². The molecule has 0 aromatic heterocycles. The molecule has 2 amide bonds. The largest absolute Gasteiger partial charge is 0.447 e. The van der Waals surface area contributed by atoms with Crippen molar-refractivity contribution in [2.75, 3.05) is 33.4 Å². The third-order valence-electron chi connectivity index (χ3n) is 5.80. The van der Waals surface area contributed by atoms with E-state index < -0.39 is 34.0 Å². The predicted molar refractivity (Wildman–Crippen MR) is 131 cm³/mol. The highest BCUT2D eigenvalue weighted by molar-refractivity contribution is 9.10. The summed E-state index contributed by atoms with van der Waals surface area (Å²) in [5.41, 5.74) is 3.32. The number of benzene rings is 2. The lowest BCUT2D eigenvalue weighted by atomic mass is 9.89. The molecule has 1 aliphatic rings. The van der Waals surface area contributed by atoms with Gasteiger partial charge in [0, 0.05) is 24.7 Å². The molecular weight excluding hydrogens is 542 g/mol. The van der Waals surface area contributed by atoms with Gasteiger partial charge in [-0.3, -0.25) is 10.0 Å². The zero-order chi connectivity index (χ0) is 25.4. The Labute approximate surface area is 212 Å². The van der Waals surface area contributed by atoms with Crippen LogP contribution in [-0.2, 0) is 24.3 Å². The number of sulfonamides is 1. The molecule has 12 heteroatoms. The summed E-state index contributed by atoms with van der Waals surface area (Å²) in [4.78, 5) is 26.0. The Kier molecular flexibility index (Phi) is 9.63. The quantitative estimate of drug-likeness (QED) is 0.240. The number of halogens is 1. The van der Waals surface area contributed by atoms with E-state index in [0.717, 1.165) is 15.6 Å². The van der Waals surface area contributed by atoms with Crippen molar-refractivity contribution in [3.05, 3.63) is 53.0 Å². The molecule has 10 nitrogen and oxygen atoms in total. The summed E-state index contributed by atoms with van der Waals surface area (Å²) in [7, 11) is -2.56. The van der Waals surface area contributed by atoms with Crippen LogP contribution in [0.2, 0.25) is 0 Å². The second-order valence-electron chi connectivity index (χ2n) is 8.04. The monoisotopic (exact) mass is 569 g/mol. The Morgan fingerprint density at radius 1 is 1.06 bits per heavy atom. The molecule has 1 unspecified atom stereocenters. The number of hydroxylamine groups is 1. The van der Waals surface area contributed by atoms with Crippen molar-refractivity contribution in [1.82, 2.24) is 15.1 Å². The summed E-state index contributed by atoms with van der Waals surface area (Å²) in [5, 5.41) is 9.21. The number of rotatable bonds is 9. The van der Waals surface area contributed by atoms with Crippen molar-refractivity contribution >= 4 is 38.0 Å². The topological polar surface area (TPSA) is 134 Å². The van der Waals surface area contributed by atoms with Crippen LogP contribution < -0.4 is 10.2 Å². The minimum Gasteiger partial charge on any atom is -0.447 e. The van der Waals surface area contributed by atoms with E-state index in [-0.39, 0.29) is 31.2 Å². The van der Waals surface area contributed by atoms with Gasteiger partial charge < -0.3 is 14.4 Å². The molecule has 0 bridgehead atoms. The zero-order valence-corrected chi connectivity index (χ0v) is 21.5. The average molecular weight is 570 g/mol. The second-order valence-corrected chi connectivity index (χ2v) is 10.7. The number of ether oxygens (including phenoxy) is 2. The summed E-state index contributed by atoms with van der Waals surface area (Å²) < 4.78 is 39.4. The highest BCUT2D eigenvalue weighted by atomic mass is 79.9. The van der Waals surface area contributed by atoms with E-state index in [1.807, 2.05) is 24.3 Å². The molecule has 3 rings (SSSR count). The van der Waals surface area contributed by atoms with E-state index in [0.29, 0.717) is 12.8 Å². The lowest BCUT2D eigenvalue weighted by Crippen LogP contribution is -2.53. The summed E-state index contributed by atoms with van der Waals surface area (Å²) in [6, 6.07) is 12.7. The van der Waals surface area contributed by atoms with E-state index in [9.17, 15) is 23.2 Å². The molecule has 1 atom stereocenters. The van der Waals surface area contributed by atoms with Gasteiger partial charge in [-0.2, -0.15) is 4.72 Å². The Bertz CT molecular complexity index is 1100.